The highest BCUT2D eigenvalue weighted by Crippen LogP contribution is 2.31. The molecule has 2 rings (SSSR count). The van der Waals surface area contributed by atoms with Crippen LogP contribution in [0.1, 0.15) is 15.9 Å². The average Bonchev–Trinajstić information content (AvgIpc) is 2.44. The summed E-state index contributed by atoms with van der Waals surface area (Å²) >= 11 is 9.52. The van der Waals surface area contributed by atoms with Gasteiger partial charge in [-0.3, -0.25) is 0 Å². The van der Waals surface area contributed by atoms with Crippen LogP contribution in [0, 0.1) is 6.92 Å². The molecule has 21 heavy (non-hydrogen) atoms. The summed E-state index contributed by atoms with van der Waals surface area (Å²) in [6.07, 6.45) is 0. The number of rotatable bonds is 3. The minimum absolute atomic E-state index is 0.327. The summed E-state index contributed by atoms with van der Waals surface area (Å²) in [5, 5.41) is 3.74. The van der Waals surface area contributed by atoms with Crippen LogP contribution in [-0.4, -0.2) is 13.1 Å². The van der Waals surface area contributed by atoms with Gasteiger partial charge >= 0.3 is 5.97 Å². The van der Waals surface area contributed by atoms with Gasteiger partial charge in [-0.1, -0.05) is 27.5 Å². The molecular formula is C15H14BrClN2O2. The Kier molecular flexibility index (Phi) is 4.75. The van der Waals surface area contributed by atoms with Crippen molar-refractivity contribution in [3.8, 4) is 0 Å². The summed E-state index contributed by atoms with van der Waals surface area (Å²) in [5.74, 6) is -0.471. The van der Waals surface area contributed by atoms with Crippen molar-refractivity contribution in [1.29, 1.82) is 0 Å². The number of nitrogen functional groups attached to an aromatic ring is 1. The van der Waals surface area contributed by atoms with Gasteiger partial charge in [-0.05, 0) is 42.8 Å². The van der Waals surface area contributed by atoms with Crippen molar-refractivity contribution in [3.63, 3.8) is 0 Å². The third-order valence-corrected chi connectivity index (χ3v) is 3.81. The molecule has 0 aliphatic rings. The molecule has 0 atom stereocenters. The topological polar surface area (TPSA) is 64.3 Å². The van der Waals surface area contributed by atoms with Gasteiger partial charge in [0.1, 0.15) is 0 Å². The summed E-state index contributed by atoms with van der Waals surface area (Å²) in [6.45, 7) is 1.83. The maximum Gasteiger partial charge on any atom is 0.340 e. The Morgan fingerprint density at radius 1 is 1.33 bits per heavy atom. The minimum Gasteiger partial charge on any atom is -0.465 e. The van der Waals surface area contributed by atoms with E-state index < -0.39 is 5.97 Å². The molecule has 0 aliphatic heterocycles. The fraction of sp³-hybridized carbons (Fsp3) is 0.133. The number of ether oxygens (including phenoxy) is 1. The highest BCUT2D eigenvalue weighted by Gasteiger charge is 2.14. The first-order chi connectivity index (χ1) is 9.92. The first-order valence-electron chi connectivity index (χ1n) is 6.13. The number of carbonyl (C=O) groups excluding carboxylic acids is 1. The largest absolute Gasteiger partial charge is 0.465 e. The van der Waals surface area contributed by atoms with E-state index in [2.05, 4.69) is 21.2 Å². The van der Waals surface area contributed by atoms with Gasteiger partial charge in [0.15, 0.2) is 0 Å². The van der Waals surface area contributed by atoms with Crippen molar-refractivity contribution < 1.29 is 9.53 Å². The maximum absolute atomic E-state index is 11.7. The van der Waals surface area contributed by atoms with Crippen LogP contribution in [0.5, 0.6) is 0 Å². The fourth-order valence-corrected chi connectivity index (χ4v) is 2.62. The van der Waals surface area contributed by atoms with Crippen molar-refractivity contribution in [2.24, 2.45) is 0 Å². The van der Waals surface area contributed by atoms with Crippen LogP contribution in [-0.2, 0) is 4.74 Å². The molecule has 2 aromatic carbocycles. The van der Waals surface area contributed by atoms with Crippen molar-refractivity contribution in [3.05, 3.63) is 51.0 Å². The Morgan fingerprint density at radius 3 is 2.67 bits per heavy atom. The standard InChI is InChI=1S/C15H14BrClN2O2/c1-8-5-10(7-11(14(8)18)15(20)21-2)19-13-4-3-9(16)6-12(13)17/h3-7,19H,18H2,1-2H3. The van der Waals surface area contributed by atoms with E-state index in [0.717, 1.165) is 15.7 Å². The van der Waals surface area contributed by atoms with Gasteiger partial charge in [-0.2, -0.15) is 0 Å². The summed E-state index contributed by atoms with van der Waals surface area (Å²) in [4.78, 5) is 11.7. The number of benzene rings is 2. The van der Waals surface area contributed by atoms with Crippen LogP contribution in [0.15, 0.2) is 34.8 Å². The van der Waals surface area contributed by atoms with Crippen LogP contribution in [0.3, 0.4) is 0 Å². The van der Waals surface area contributed by atoms with E-state index in [9.17, 15) is 4.79 Å². The molecule has 0 unspecified atom stereocenters. The quantitative estimate of drug-likeness (QED) is 0.616. The zero-order chi connectivity index (χ0) is 15.6. The van der Waals surface area contributed by atoms with Gasteiger partial charge < -0.3 is 15.8 Å². The summed E-state index contributed by atoms with van der Waals surface area (Å²) in [7, 11) is 1.32. The first kappa shape index (κ1) is 15.7. The Hall–Kier alpha value is -1.72. The number of nitrogens with one attached hydrogen (secondary N) is 1. The van der Waals surface area contributed by atoms with Crippen LogP contribution < -0.4 is 11.1 Å². The predicted molar refractivity (Wildman–Crippen MR) is 89.4 cm³/mol. The first-order valence-corrected chi connectivity index (χ1v) is 7.30. The average molecular weight is 370 g/mol. The number of anilines is 3. The Morgan fingerprint density at radius 2 is 2.05 bits per heavy atom. The van der Waals surface area contributed by atoms with E-state index in [4.69, 9.17) is 22.1 Å². The lowest BCUT2D eigenvalue weighted by Crippen LogP contribution is -2.08. The Bertz CT molecular complexity index is 704. The number of esters is 1. The molecule has 0 aromatic heterocycles. The van der Waals surface area contributed by atoms with Crippen molar-refractivity contribution in [1.82, 2.24) is 0 Å². The van der Waals surface area contributed by atoms with Crippen LogP contribution >= 0.6 is 27.5 Å². The van der Waals surface area contributed by atoms with Gasteiger partial charge in [0, 0.05) is 15.8 Å². The number of aryl methyl sites for hydroxylation is 1. The number of hydrogen-bond donors (Lipinski definition) is 2. The highest BCUT2D eigenvalue weighted by atomic mass is 79.9. The number of nitrogens with two attached hydrogens (primary N) is 1. The molecule has 4 nitrogen and oxygen atoms in total. The second-order valence-electron chi connectivity index (χ2n) is 4.50. The monoisotopic (exact) mass is 368 g/mol. The molecule has 0 bridgehead atoms. The second-order valence-corrected chi connectivity index (χ2v) is 5.82. The molecule has 2 aromatic rings. The van der Waals surface area contributed by atoms with Gasteiger partial charge in [0.25, 0.3) is 0 Å². The maximum atomic E-state index is 11.7. The highest BCUT2D eigenvalue weighted by molar-refractivity contribution is 9.10. The number of halogens is 2. The molecule has 0 amide bonds. The third-order valence-electron chi connectivity index (χ3n) is 3.00. The molecule has 0 fully saturated rings. The molecule has 0 saturated heterocycles. The number of hydrogen-bond acceptors (Lipinski definition) is 4. The normalized spacial score (nSPS) is 10.3. The lowest BCUT2D eigenvalue weighted by atomic mass is 10.1. The summed E-state index contributed by atoms with van der Waals surface area (Å²) in [6, 6.07) is 9.00. The summed E-state index contributed by atoms with van der Waals surface area (Å²) in [5.41, 5.74) is 8.88. The van der Waals surface area contributed by atoms with Crippen LogP contribution in [0.25, 0.3) is 0 Å². The van der Waals surface area contributed by atoms with E-state index in [1.165, 1.54) is 7.11 Å². The molecule has 0 spiro atoms. The number of methoxy groups -OCH3 is 1. The molecule has 0 radical (unpaired) electrons. The lowest BCUT2D eigenvalue weighted by molar-refractivity contribution is 0.0602. The Balaban J connectivity index is 2.40. The third kappa shape index (κ3) is 3.49. The van der Waals surface area contributed by atoms with E-state index >= 15 is 0 Å². The van der Waals surface area contributed by atoms with E-state index in [0.29, 0.717) is 22.0 Å². The molecule has 3 N–H and O–H groups in total. The predicted octanol–water partition coefficient (Wildman–Crippen LogP) is 4.52. The molecule has 110 valence electrons. The van der Waals surface area contributed by atoms with Gasteiger partial charge in [0.05, 0.1) is 23.4 Å². The van der Waals surface area contributed by atoms with Crippen molar-refractivity contribution >= 4 is 50.6 Å². The smallest absolute Gasteiger partial charge is 0.340 e. The minimum atomic E-state index is -0.471. The molecule has 0 aliphatic carbocycles. The zero-order valence-electron chi connectivity index (χ0n) is 11.5. The summed E-state index contributed by atoms with van der Waals surface area (Å²) < 4.78 is 5.63. The van der Waals surface area contributed by atoms with Gasteiger partial charge in [-0.25, -0.2) is 4.79 Å². The van der Waals surface area contributed by atoms with Crippen LogP contribution in [0.2, 0.25) is 5.02 Å². The van der Waals surface area contributed by atoms with Crippen molar-refractivity contribution in [2.45, 2.75) is 6.92 Å². The second kappa shape index (κ2) is 6.37. The zero-order valence-corrected chi connectivity index (χ0v) is 13.9. The van der Waals surface area contributed by atoms with Crippen LogP contribution in [0.4, 0.5) is 17.1 Å². The molecular weight excluding hydrogens is 356 g/mol. The fourth-order valence-electron chi connectivity index (χ4n) is 1.90. The van der Waals surface area contributed by atoms with E-state index in [1.807, 2.05) is 25.1 Å². The van der Waals surface area contributed by atoms with Gasteiger partial charge in [0.2, 0.25) is 0 Å². The van der Waals surface area contributed by atoms with Crippen molar-refractivity contribution in [2.75, 3.05) is 18.2 Å². The van der Waals surface area contributed by atoms with E-state index in [1.54, 1.807) is 12.1 Å². The number of carbonyl (C=O) groups is 1. The van der Waals surface area contributed by atoms with E-state index in [-0.39, 0.29) is 0 Å². The van der Waals surface area contributed by atoms with Gasteiger partial charge in [-0.15, -0.1) is 0 Å². The lowest BCUT2D eigenvalue weighted by Gasteiger charge is -2.13. The Labute approximate surface area is 136 Å². The molecule has 0 saturated carbocycles. The molecule has 6 heteroatoms. The molecule has 0 heterocycles. The SMILES string of the molecule is COC(=O)c1cc(Nc2ccc(Br)cc2Cl)cc(C)c1N.